The number of rotatable bonds is 5. The van der Waals surface area contributed by atoms with E-state index in [2.05, 4.69) is 10.6 Å². The van der Waals surface area contributed by atoms with Gasteiger partial charge in [-0.05, 0) is 31.4 Å². The van der Waals surface area contributed by atoms with Crippen LogP contribution in [0.15, 0.2) is 24.3 Å². The predicted octanol–water partition coefficient (Wildman–Crippen LogP) is 1.76. The molecule has 2 N–H and O–H groups in total. The SMILES string of the molecule is O=C(NCCNC(=O)[C@@H]1CCCCO1)c1ccccc1Cl. The maximum Gasteiger partial charge on any atom is 0.252 e. The lowest BCUT2D eigenvalue weighted by atomic mass is 10.1. The first-order valence-electron chi connectivity index (χ1n) is 7.10. The third-order valence-corrected chi connectivity index (χ3v) is 3.63. The fourth-order valence-electron chi connectivity index (χ4n) is 2.16. The Morgan fingerprint density at radius 3 is 2.67 bits per heavy atom. The Morgan fingerprint density at radius 2 is 1.95 bits per heavy atom. The number of carbonyl (C=O) groups is 2. The van der Waals surface area contributed by atoms with Crippen molar-refractivity contribution in [1.82, 2.24) is 10.6 Å². The monoisotopic (exact) mass is 310 g/mol. The summed E-state index contributed by atoms with van der Waals surface area (Å²) in [5.41, 5.74) is 0.432. The number of carbonyl (C=O) groups excluding carboxylic acids is 2. The lowest BCUT2D eigenvalue weighted by Gasteiger charge is -2.21. The molecule has 1 saturated heterocycles. The van der Waals surface area contributed by atoms with Crippen molar-refractivity contribution < 1.29 is 14.3 Å². The molecule has 1 aliphatic heterocycles. The molecule has 0 bridgehead atoms. The Kier molecular flexibility index (Phi) is 6.02. The molecule has 1 aromatic rings. The standard InChI is InChI=1S/C15H19ClN2O3/c16-12-6-2-1-5-11(12)14(19)17-8-9-18-15(20)13-7-3-4-10-21-13/h1-2,5-6,13H,3-4,7-10H2,(H,17,19)(H,18,20)/t13-/m0/s1. The van der Waals surface area contributed by atoms with Gasteiger partial charge < -0.3 is 15.4 Å². The zero-order valence-electron chi connectivity index (χ0n) is 11.7. The van der Waals surface area contributed by atoms with Gasteiger partial charge in [-0.1, -0.05) is 23.7 Å². The molecule has 1 atom stereocenters. The molecule has 6 heteroatoms. The highest BCUT2D eigenvalue weighted by Crippen LogP contribution is 2.14. The zero-order chi connectivity index (χ0) is 15.1. The lowest BCUT2D eigenvalue weighted by molar-refractivity contribution is -0.135. The quantitative estimate of drug-likeness (QED) is 0.814. The summed E-state index contributed by atoms with van der Waals surface area (Å²) >= 11 is 5.94. The van der Waals surface area contributed by atoms with Gasteiger partial charge in [0.2, 0.25) is 5.91 Å². The highest BCUT2D eigenvalue weighted by molar-refractivity contribution is 6.33. The molecule has 0 saturated carbocycles. The second-order valence-electron chi connectivity index (χ2n) is 4.88. The fraction of sp³-hybridized carbons (Fsp3) is 0.467. The minimum Gasteiger partial charge on any atom is -0.368 e. The number of benzene rings is 1. The van der Waals surface area contributed by atoms with Crippen LogP contribution < -0.4 is 10.6 Å². The van der Waals surface area contributed by atoms with Crippen molar-refractivity contribution in [2.24, 2.45) is 0 Å². The van der Waals surface area contributed by atoms with E-state index in [-0.39, 0.29) is 17.9 Å². The Morgan fingerprint density at radius 1 is 1.19 bits per heavy atom. The van der Waals surface area contributed by atoms with Crippen molar-refractivity contribution in [2.45, 2.75) is 25.4 Å². The van der Waals surface area contributed by atoms with Crippen LogP contribution in [0.3, 0.4) is 0 Å². The van der Waals surface area contributed by atoms with Crippen molar-refractivity contribution in [3.05, 3.63) is 34.9 Å². The van der Waals surface area contributed by atoms with Crippen molar-refractivity contribution in [3.8, 4) is 0 Å². The molecule has 0 radical (unpaired) electrons. The molecule has 2 amide bonds. The van der Waals surface area contributed by atoms with Crippen molar-refractivity contribution in [1.29, 1.82) is 0 Å². The highest BCUT2D eigenvalue weighted by Gasteiger charge is 2.21. The van der Waals surface area contributed by atoms with Crippen LogP contribution in [0.1, 0.15) is 29.6 Å². The van der Waals surface area contributed by atoms with Crippen LogP contribution >= 0.6 is 11.6 Å². The third kappa shape index (κ3) is 4.72. The second-order valence-corrected chi connectivity index (χ2v) is 5.29. The molecule has 5 nitrogen and oxygen atoms in total. The van der Waals surface area contributed by atoms with E-state index < -0.39 is 0 Å². The summed E-state index contributed by atoms with van der Waals surface area (Å²) in [5.74, 6) is -0.356. The largest absolute Gasteiger partial charge is 0.368 e. The van der Waals surface area contributed by atoms with Crippen LogP contribution in [-0.4, -0.2) is 37.6 Å². The normalized spacial score (nSPS) is 18.0. The van der Waals surface area contributed by atoms with Crippen LogP contribution in [0, 0.1) is 0 Å². The maximum absolute atomic E-state index is 11.9. The molecule has 1 heterocycles. The summed E-state index contributed by atoms with van der Waals surface area (Å²) < 4.78 is 5.39. The van der Waals surface area contributed by atoms with E-state index in [4.69, 9.17) is 16.3 Å². The molecular formula is C15H19ClN2O3. The molecule has 2 rings (SSSR count). The molecule has 0 aromatic heterocycles. The first-order chi connectivity index (χ1) is 10.2. The minimum absolute atomic E-state index is 0.110. The highest BCUT2D eigenvalue weighted by atomic mass is 35.5. The van der Waals surface area contributed by atoms with Gasteiger partial charge in [-0.15, -0.1) is 0 Å². The van der Waals surface area contributed by atoms with E-state index in [1.54, 1.807) is 24.3 Å². The average Bonchev–Trinajstić information content (AvgIpc) is 2.52. The van der Waals surface area contributed by atoms with Crippen molar-refractivity contribution in [3.63, 3.8) is 0 Å². The molecule has 0 unspecified atom stereocenters. The Labute approximate surface area is 129 Å². The van der Waals surface area contributed by atoms with E-state index in [0.29, 0.717) is 30.3 Å². The first kappa shape index (κ1) is 15.8. The third-order valence-electron chi connectivity index (χ3n) is 3.30. The Bertz CT molecular complexity index is 501. The minimum atomic E-state index is -0.349. The lowest BCUT2D eigenvalue weighted by Crippen LogP contribution is -2.41. The van der Waals surface area contributed by atoms with E-state index in [9.17, 15) is 9.59 Å². The topological polar surface area (TPSA) is 67.4 Å². The molecular weight excluding hydrogens is 292 g/mol. The van der Waals surface area contributed by atoms with Crippen LogP contribution in [0.25, 0.3) is 0 Å². The summed E-state index contributed by atoms with van der Waals surface area (Å²) in [7, 11) is 0. The maximum atomic E-state index is 11.9. The Hall–Kier alpha value is -1.59. The van der Waals surface area contributed by atoms with Crippen LogP contribution in [0.4, 0.5) is 0 Å². The number of amides is 2. The number of halogens is 1. The van der Waals surface area contributed by atoms with Gasteiger partial charge in [0.15, 0.2) is 0 Å². The van der Waals surface area contributed by atoms with Gasteiger partial charge in [0, 0.05) is 19.7 Å². The van der Waals surface area contributed by atoms with E-state index in [1.165, 1.54) is 0 Å². The Balaban J connectivity index is 1.68. The van der Waals surface area contributed by atoms with Gasteiger partial charge in [0.05, 0.1) is 10.6 Å². The van der Waals surface area contributed by atoms with Gasteiger partial charge in [-0.2, -0.15) is 0 Å². The van der Waals surface area contributed by atoms with Gasteiger partial charge in [0.1, 0.15) is 6.10 Å². The fourth-order valence-corrected chi connectivity index (χ4v) is 2.39. The van der Waals surface area contributed by atoms with E-state index >= 15 is 0 Å². The molecule has 21 heavy (non-hydrogen) atoms. The van der Waals surface area contributed by atoms with Gasteiger partial charge >= 0.3 is 0 Å². The summed E-state index contributed by atoms with van der Waals surface area (Å²) in [6.07, 6.45) is 2.44. The second kappa shape index (κ2) is 8.00. The van der Waals surface area contributed by atoms with Crippen LogP contribution in [0.5, 0.6) is 0 Å². The van der Waals surface area contributed by atoms with Crippen molar-refractivity contribution >= 4 is 23.4 Å². The average molecular weight is 311 g/mol. The van der Waals surface area contributed by atoms with Gasteiger partial charge in [-0.25, -0.2) is 0 Å². The summed E-state index contributed by atoms with van der Waals surface area (Å²) in [6.45, 7) is 1.36. The predicted molar refractivity (Wildman–Crippen MR) is 80.4 cm³/mol. The van der Waals surface area contributed by atoms with Crippen LogP contribution in [-0.2, 0) is 9.53 Å². The molecule has 114 valence electrons. The zero-order valence-corrected chi connectivity index (χ0v) is 12.5. The van der Waals surface area contributed by atoms with Gasteiger partial charge in [0.25, 0.3) is 5.91 Å². The smallest absolute Gasteiger partial charge is 0.252 e. The molecule has 1 aliphatic rings. The molecule has 0 spiro atoms. The number of ether oxygens (including phenoxy) is 1. The molecule has 0 aliphatic carbocycles. The van der Waals surface area contributed by atoms with Crippen molar-refractivity contribution in [2.75, 3.05) is 19.7 Å². The number of hydrogen-bond acceptors (Lipinski definition) is 3. The van der Waals surface area contributed by atoms with Crippen LogP contribution in [0.2, 0.25) is 5.02 Å². The van der Waals surface area contributed by atoms with E-state index in [1.807, 2.05) is 0 Å². The summed E-state index contributed by atoms with van der Waals surface area (Å²) in [5, 5.41) is 5.89. The first-order valence-corrected chi connectivity index (χ1v) is 7.48. The summed E-state index contributed by atoms with van der Waals surface area (Å²) in [4.78, 5) is 23.7. The van der Waals surface area contributed by atoms with Gasteiger partial charge in [-0.3, -0.25) is 9.59 Å². The molecule has 1 aromatic carbocycles. The van der Waals surface area contributed by atoms with E-state index in [0.717, 1.165) is 19.3 Å². The number of nitrogens with one attached hydrogen (secondary N) is 2. The molecule has 1 fully saturated rings. The number of hydrogen-bond donors (Lipinski definition) is 2. The summed E-state index contributed by atoms with van der Waals surface area (Å²) in [6, 6.07) is 6.84.